The first-order chi connectivity index (χ1) is 8.53. The molecule has 0 aliphatic carbocycles. The Hall–Kier alpha value is -1.12. The van der Waals surface area contributed by atoms with Gasteiger partial charge in [-0.05, 0) is 37.1 Å². The van der Waals surface area contributed by atoms with Crippen LogP contribution in [0, 0.1) is 19.8 Å². The van der Waals surface area contributed by atoms with E-state index < -0.39 is 5.60 Å². The molecule has 3 heterocycles. The highest BCUT2D eigenvalue weighted by molar-refractivity contribution is 5.38. The van der Waals surface area contributed by atoms with Crippen LogP contribution >= 0.6 is 0 Å². The average Bonchev–Trinajstić information content (AvgIpc) is 2.39. The predicted octanol–water partition coefficient (Wildman–Crippen LogP) is 1.31. The van der Waals surface area contributed by atoms with Gasteiger partial charge in [-0.3, -0.25) is 0 Å². The van der Waals surface area contributed by atoms with Gasteiger partial charge >= 0.3 is 0 Å². The van der Waals surface area contributed by atoms with E-state index in [2.05, 4.69) is 38.6 Å². The Morgan fingerprint density at radius 2 is 1.89 bits per heavy atom. The normalized spacial score (nSPS) is 34.9. The molecule has 3 aliphatic heterocycles. The van der Waals surface area contributed by atoms with Crippen molar-refractivity contribution >= 4 is 0 Å². The van der Waals surface area contributed by atoms with Crippen molar-refractivity contribution in [2.45, 2.75) is 32.3 Å². The van der Waals surface area contributed by atoms with Crippen LogP contribution in [0.5, 0.6) is 0 Å². The maximum Gasteiger partial charge on any atom is 0.166 e. The molecule has 3 aliphatic rings. The molecule has 3 saturated heterocycles. The third-order valence-electron chi connectivity index (χ3n) is 5.01. The number of aryl methyl sites for hydroxylation is 2. The summed E-state index contributed by atoms with van der Waals surface area (Å²) in [5.41, 5.74) is 3.75. The summed E-state index contributed by atoms with van der Waals surface area (Å²) in [6.45, 7) is 10.7. The van der Waals surface area contributed by atoms with Gasteiger partial charge in [0.25, 0.3) is 0 Å². The van der Waals surface area contributed by atoms with E-state index in [0.29, 0.717) is 5.92 Å². The van der Waals surface area contributed by atoms with Crippen molar-refractivity contribution in [1.82, 2.24) is 0 Å². The minimum Gasteiger partial charge on any atom is -0.375 e. The van der Waals surface area contributed by atoms with E-state index >= 15 is 0 Å². The second-order valence-electron chi connectivity index (χ2n) is 5.92. The van der Waals surface area contributed by atoms with E-state index in [9.17, 15) is 5.11 Å². The van der Waals surface area contributed by atoms with E-state index in [1.807, 2.05) is 0 Å². The maximum atomic E-state index is 11.2. The standard InChI is InChI=1S/C16H21NO/c1-11-4-5-15(10-12(11)2)16(18)13(3)17-8-6-14(16)7-9-17/h4-5,10,14,18H,3,6-9H2,1-2H3/p+1/t16-/m0/s1. The van der Waals surface area contributed by atoms with Gasteiger partial charge in [0, 0.05) is 18.8 Å². The number of nitrogens with one attached hydrogen (secondary N) is 1. The number of aliphatic hydroxyl groups is 1. The number of quaternary nitrogens is 1. The fourth-order valence-corrected chi connectivity index (χ4v) is 3.59. The molecule has 18 heavy (non-hydrogen) atoms. The quantitative estimate of drug-likeness (QED) is 0.765. The summed E-state index contributed by atoms with van der Waals surface area (Å²) in [5, 5.41) is 11.2. The SMILES string of the molecule is C=C1[NH+]2CCC(CC2)[C@]1(O)c1ccc(C)c(C)c1. The van der Waals surface area contributed by atoms with E-state index in [0.717, 1.165) is 37.2 Å². The number of fused-ring (bicyclic) bond motifs is 3. The number of piperidine rings is 3. The Balaban J connectivity index is 2.08. The summed E-state index contributed by atoms with van der Waals surface area (Å²) in [7, 11) is 0. The Labute approximate surface area is 109 Å². The largest absolute Gasteiger partial charge is 0.375 e. The molecule has 1 aromatic rings. The van der Waals surface area contributed by atoms with E-state index in [1.165, 1.54) is 16.0 Å². The van der Waals surface area contributed by atoms with Crippen LogP contribution in [0.15, 0.2) is 30.5 Å². The monoisotopic (exact) mass is 244 g/mol. The number of hydrogen-bond donors (Lipinski definition) is 2. The molecule has 4 rings (SSSR count). The predicted molar refractivity (Wildman–Crippen MR) is 72.4 cm³/mol. The molecule has 0 radical (unpaired) electrons. The van der Waals surface area contributed by atoms with Gasteiger partial charge in [0.1, 0.15) is 5.70 Å². The first kappa shape index (κ1) is 11.9. The van der Waals surface area contributed by atoms with Gasteiger partial charge in [-0.15, -0.1) is 0 Å². The van der Waals surface area contributed by atoms with Gasteiger partial charge in [-0.2, -0.15) is 0 Å². The van der Waals surface area contributed by atoms with Gasteiger partial charge < -0.3 is 10.0 Å². The molecule has 3 fully saturated rings. The summed E-state index contributed by atoms with van der Waals surface area (Å²) >= 11 is 0. The van der Waals surface area contributed by atoms with Crippen molar-refractivity contribution < 1.29 is 10.0 Å². The lowest BCUT2D eigenvalue weighted by Gasteiger charge is -2.48. The van der Waals surface area contributed by atoms with Crippen LogP contribution in [0.2, 0.25) is 0 Å². The third kappa shape index (κ3) is 1.49. The zero-order valence-corrected chi connectivity index (χ0v) is 11.3. The summed E-state index contributed by atoms with van der Waals surface area (Å²) in [6.07, 6.45) is 2.22. The summed E-state index contributed by atoms with van der Waals surface area (Å²) < 4.78 is 0. The third-order valence-corrected chi connectivity index (χ3v) is 5.01. The van der Waals surface area contributed by atoms with Crippen LogP contribution in [0.1, 0.15) is 29.5 Å². The highest BCUT2D eigenvalue weighted by Gasteiger charge is 2.53. The smallest absolute Gasteiger partial charge is 0.166 e. The van der Waals surface area contributed by atoms with Crippen molar-refractivity contribution in [1.29, 1.82) is 0 Å². The van der Waals surface area contributed by atoms with Crippen LogP contribution in [0.4, 0.5) is 0 Å². The zero-order valence-electron chi connectivity index (χ0n) is 11.3. The van der Waals surface area contributed by atoms with Gasteiger partial charge in [-0.25, -0.2) is 0 Å². The molecule has 2 nitrogen and oxygen atoms in total. The molecule has 0 unspecified atom stereocenters. The molecule has 2 N–H and O–H groups in total. The minimum atomic E-state index is -0.801. The van der Waals surface area contributed by atoms with Gasteiger partial charge in [-0.1, -0.05) is 18.2 Å². The van der Waals surface area contributed by atoms with Gasteiger partial charge in [0.2, 0.25) is 0 Å². The van der Waals surface area contributed by atoms with Crippen molar-refractivity contribution in [2.24, 2.45) is 5.92 Å². The van der Waals surface area contributed by atoms with Crippen molar-refractivity contribution in [3.8, 4) is 0 Å². The molecule has 1 aromatic carbocycles. The average molecular weight is 244 g/mol. The highest BCUT2D eigenvalue weighted by atomic mass is 16.3. The number of benzene rings is 1. The summed E-state index contributed by atoms with van der Waals surface area (Å²) in [4.78, 5) is 1.39. The molecular formula is C16H22NO+. The molecule has 2 heteroatoms. The van der Waals surface area contributed by atoms with Gasteiger partial charge in [0.15, 0.2) is 5.60 Å². The van der Waals surface area contributed by atoms with Crippen molar-refractivity contribution in [2.75, 3.05) is 13.1 Å². The van der Waals surface area contributed by atoms with Crippen LogP contribution in [-0.4, -0.2) is 18.2 Å². The molecule has 0 amide bonds. The molecule has 0 aromatic heterocycles. The second-order valence-corrected chi connectivity index (χ2v) is 5.92. The lowest BCUT2D eigenvalue weighted by Crippen LogP contribution is -3.15. The fraction of sp³-hybridized carbons (Fsp3) is 0.500. The first-order valence-corrected chi connectivity index (χ1v) is 6.88. The second kappa shape index (κ2) is 3.94. The van der Waals surface area contributed by atoms with E-state index in [1.54, 1.807) is 0 Å². The number of rotatable bonds is 1. The highest BCUT2D eigenvalue weighted by Crippen LogP contribution is 2.41. The molecule has 0 spiro atoms. The molecule has 2 bridgehead atoms. The van der Waals surface area contributed by atoms with Crippen LogP contribution in [-0.2, 0) is 5.60 Å². The fourth-order valence-electron chi connectivity index (χ4n) is 3.59. The van der Waals surface area contributed by atoms with Crippen LogP contribution < -0.4 is 4.90 Å². The van der Waals surface area contributed by atoms with Crippen molar-refractivity contribution in [3.05, 3.63) is 47.2 Å². The Kier molecular flexibility index (Phi) is 2.61. The minimum absolute atomic E-state index is 0.351. The Bertz CT molecular complexity index is 500. The molecule has 96 valence electrons. The molecule has 1 atom stereocenters. The summed E-state index contributed by atoms with van der Waals surface area (Å²) in [5.74, 6) is 0.351. The Morgan fingerprint density at radius 3 is 2.44 bits per heavy atom. The maximum absolute atomic E-state index is 11.2. The first-order valence-electron chi connectivity index (χ1n) is 6.88. The van der Waals surface area contributed by atoms with Crippen molar-refractivity contribution in [3.63, 3.8) is 0 Å². The lowest BCUT2D eigenvalue weighted by molar-refractivity contribution is -0.886. The number of hydrogen-bond acceptors (Lipinski definition) is 1. The van der Waals surface area contributed by atoms with Gasteiger partial charge in [0.05, 0.1) is 13.1 Å². The topological polar surface area (TPSA) is 24.7 Å². The molecular weight excluding hydrogens is 222 g/mol. The van der Waals surface area contributed by atoms with Crippen LogP contribution in [0.25, 0.3) is 0 Å². The zero-order chi connectivity index (χ0) is 12.9. The van der Waals surface area contributed by atoms with E-state index in [4.69, 9.17) is 0 Å². The van der Waals surface area contributed by atoms with Crippen LogP contribution in [0.3, 0.4) is 0 Å². The van der Waals surface area contributed by atoms with E-state index in [-0.39, 0.29) is 0 Å². The summed E-state index contributed by atoms with van der Waals surface area (Å²) in [6, 6.07) is 6.33. The Morgan fingerprint density at radius 1 is 1.22 bits per heavy atom. The molecule has 0 saturated carbocycles. The lowest BCUT2D eigenvalue weighted by atomic mass is 9.69.